The zero-order valence-electron chi connectivity index (χ0n) is 10.1. The van der Waals surface area contributed by atoms with Crippen LogP contribution in [0.25, 0.3) is 0 Å². The Labute approximate surface area is 96.5 Å². The molecular formula is C13H19NO2. The van der Waals surface area contributed by atoms with Crippen LogP contribution >= 0.6 is 0 Å². The molecule has 3 nitrogen and oxygen atoms in total. The van der Waals surface area contributed by atoms with Gasteiger partial charge in [0.15, 0.2) is 0 Å². The van der Waals surface area contributed by atoms with Crippen molar-refractivity contribution in [3.05, 3.63) is 23.8 Å². The normalized spacial score (nSPS) is 10.5. The molecule has 1 rings (SSSR count). The van der Waals surface area contributed by atoms with Crippen LogP contribution in [0.4, 0.5) is 5.69 Å². The summed E-state index contributed by atoms with van der Waals surface area (Å²) >= 11 is 0. The molecule has 0 aliphatic heterocycles. The van der Waals surface area contributed by atoms with Crippen molar-refractivity contribution in [2.45, 2.75) is 33.6 Å². The van der Waals surface area contributed by atoms with E-state index in [1.54, 1.807) is 25.1 Å². The fourth-order valence-corrected chi connectivity index (χ4v) is 1.65. The molecule has 0 fully saturated rings. The molecule has 88 valence electrons. The Kier molecular flexibility index (Phi) is 4.35. The third-order valence-electron chi connectivity index (χ3n) is 2.92. The number of amides is 1. The molecule has 0 radical (unpaired) electrons. The van der Waals surface area contributed by atoms with Crippen LogP contribution in [0.5, 0.6) is 5.75 Å². The molecule has 0 heterocycles. The number of aromatic hydroxyl groups is 1. The molecule has 0 unspecified atom stereocenters. The van der Waals surface area contributed by atoms with Crippen molar-refractivity contribution >= 4 is 11.6 Å². The Balaban J connectivity index is 2.80. The number of phenolic OH excluding ortho intramolecular Hbond substituents is 1. The average Bonchev–Trinajstić information content (AvgIpc) is 2.26. The van der Waals surface area contributed by atoms with Gasteiger partial charge in [0.05, 0.1) is 0 Å². The molecule has 1 aromatic carbocycles. The molecule has 0 atom stereocenters. The first-order chi connectivity index (χ1) is 7.60. The van der Waals surface area contributed by atoms with Crippen LogP contribution in [0.2, 0.25) is 0 Å². The maximum Gasteiger partial charge on any atom is 0.227 e. The van der Waals surface area contributed by atoms with E-state index in [4.69, 9.17) is 0 Å². The highest BCUT2D eigenvalue weighted by Gasteiger charge is 2.15. The lowest BCUT2D eigenvalue weighted by molar-refractivity contribution is -0.120. The molecule has 0 saturated carbocycles. The second-order valence-electron chi connectivity index (χ2n) is 3.95. The number of phenols is 1. The topological polar surface area (TPSA) is 49.3 Å². The summed E-state index contributed by atoms with van der Waals surface area (Å²) in [6, 6.07) is 5.14. The third-order valence-corrected chi connectivity index (χ3v) is 2.92. The predicted octanol–water partition coefficient (Wildman–Crippen LogP) is 3.08. The minimum Gasteiger partial charge on any atom is -0.508 e. The van der Waals surface area contributed by atoms with Crippen LogP contribution in [-0.2, 0) is 4.79 Å². The molecule has 0 spiro atoms. The minimum atomic E-state index is 0.0266. The summed E-state index contributed by atoms with van der Waals surface area (Å²) in [6.45, 7) is 5.80. The second kappa shape index (κ2) is 5.54. The maximum atomic E-state index is 11.8. The van der Waals surface area contributed by atoms with E-state index < -0.39 is 0 Å². The number of carbonyl (C=O) groups is 1. The van der Waals surface area contributed by atoms with Crippen molar-refractivity contribution < 1.29 is 9.90 Å². The number of benzene rings is 1. The number of nitrogens with one attached hydrogen (secondary N) is 1. The molecular weight excluding hydrogens is 202 g/mol. The summed E-state index contributed by atoms with van der Waals surface area (Å²) < 4.78 is 0. The van der Waals surface area contributed by atoms with Crippen molar-refractivity contribution in [3.8, 4) is 5.75 Å². The van der Waals surface area contributed by atoms with Gasteiger partial charge in [0.25, 0.3) is 0 Å². The smallest absolute Gasteiger partial charge is 0.227 e. The quantitative estimate of drug-likeness (QED) is 0.820. The van der Waals surface area contributed by atoms with Crippen molar-refractivity contribution in [2.75, 3.05) is 5.32 Å². The fourth-order valence-electron chi connectivity index (χ4n) is 1.65. The molecule has 3 heteroatoms. The largest absolute Gasteiger partial charge is 0.508 e. The van der Waals surface area contributed by atoms with Gasteiger partial charge in [-0.15, -0.1) is 0 Å². The lowest BCUT2D eigenvalue weighted by atomic mass is 10.0. The SMILES string of the molecule is CCC(CC)C(=O)Nc1cccc(O)c1C. The first-order valence-electron chi connectivity index (χ1n) is 5.69. The van der Waals surface area contributed by atoms with Crippen LogP contribution in [0.15, 0.2) is 18.2 Å². The number of hydrogen-bond acceptors (Lipinski definition) is 2. The lowest BCUT2D eigenvalue weighted by Crippen LogP contribution is -2.22. The molecule has 2 N–H and O–H groups in total. The van der Waals surface area contributed by atoms with Gasteiger partial charge in [-0.3, -0.25) is 4.79 Å². The monoisotopic (exact) mass is 221 g/mol. The Morgan fingerprint density at radius 3 is 2.56 bits per heavy atom. The van der Waals surface area contributed by atoms with Gasteiger partial charge in [-0.05, 0) is 31.9 Å². The van der Waals surface area contributed by atoms with E-state index in [9.17, 15) is 9.90 Å². The zero-order valence-corrected chi connectivity index (χ0v) is 10.1. The zero-order chi connectivity index (χ0) is 12.1. The van der Waals surface area contributed by atoms with E-state index in [0.29, 0.717) is 11.3 Å². The number of carbonyl (C=O) groups excluding carboxylic acids is 1. The summed E-state index contributed by atoms with van der Waals surface area (Å²) in [5, 5.41) is 12.4. The molecule has 1 aromatic rings. The molecule has 0 bridgehead atoms. The van der Waals surface area contributed by atoms with Crippen LogP contribution in [0.1, 0.15) is 32.3 Å². The van der Waals surface area contributed by atoms with E-state index in [0.717, 1.165) is 12.8 Å². The average molecular weight is 221 g/mol. The van der Waals surface area contributed by atoms with E-state index in [1.807, 2.05) is 13.8 Å². The van der Waals surface area contributed by atoms with E-state index in [1.165, 1.54) is 0 Å². The van der Waals surface area contributed by atoms with Crippen LogP contribution < -0.4 is 5.32 Å². The van der Waals surface area contributed by atoms with Gasteiger partial charge in [-0.1, -0.05) is 19.9 Å². The summed E-state index contributed by atoms with van der Waals surface area (Å²) in [5.74, 6) is 0.280. The summed E-state index contributed by atoms with van der Waals surface area (Å²) in [4.78, 5) is 11.8. The third kappa shape index (κ3) is 2.75. The minimum absolute atomic E-state index is 0.0266. The first kappa shape index (κ1) is 12.6. The van der Waals surface area contributed by atoms with Crippen LogP contribution in [0, 0.1) is 12.8 Å². The Bertz CT molecular complexity index is 370. The summed E-state index contributed by atoms with van der Waals surface area (Å²) in [5.41, 5.74) is 1.40. The first-order valence-corrected chi connectivity index (χ1v) is 5.69. The molecule has 16 heavy (non-hydrogen) atoms. The second-order valence-corrected chi connectivity index (χ2v) is 3.95. The molecule has 0 aliphatic rings. The van der Waals surface area contributed by atoms with Crippen molar-refractivity contribution in [3.63, 3.8) is 0 Å². The number of hydrogen-bond donors (Lipinski definition) is 2. The molecule has 1 amide bonds. The molecule has 0 aromatic heterocycles. The van der Waals surface area contributed by atoms with Gasteiger partial charge in [0.1, 0.15) is 5.75 Å². The lowest BCUT2D eigenvalue weighted by Gasteiger charge is -2.14. The Morgan fingerprint density at radius 2 is 2.00 bits per heavy atom. The van der Waals surface area contributed by atoms with Crippen LogP contribution in [0.3, 0.4) is 0 Å². The highest BCUT2D eigenvalue weighted by molar-refractivity contribution is 5.93. The molecule has 0 saturated heterocycles. The number of rotatable bonds is 4. The number of anilines is 1. The van der Waals surface area contributed by atoms with Crippen LogP contribution in [-0.4, -0.2) is 11.0 Å². The van der Waals surface area contributed by atoms with Crippen molar-refractivity contribution in [1.82, 2.24) is 0 Å². The highest BCUT2D eigenvalue weighted by Crippen LogP contribution is 2.24. The van der Waals surface area contributed by atoms with Gasteiger partial charge in [0, 0.05) is 17.2 Å². The maximum absolute atomic E-state index is 11.8. The summed E-state index contributed by atoms with van der Waals surface area (Å²) in [6.07, 6.45) is 1.67. The van der Waals surface area contributed by atoms with Gasteiger partial charge >= 0.3 is 0 Å². The van der Waals surface area contributed by atoms with E-state index in [-0.39, 0.29) is 17.6 Å². The Morgan fingerprint density at radius 1 is 1.38 bits per heavy atom. The van der Waals surface area contributed by atoms with Crippen molar-refractivity contribution in [2.24, 2.45) is 5.92 Å². The van der Waals surface area contributed by atoms with Crippen molar-refractivity contribution in [1.29, 1.82) is 0 Å². The Hall–Kier alpha value is -1.51. The van der Waals surface area contributed by atoms with Gasteiger partial charge in [-0.2, -0.15) is 0 Å². The molecule has 0 aliphatic carbocycles. The highest BCUT2D eigenvalue weighted by atomic mass is 16.3. The van der Waals surface area contributed by atoms with Gasteiger partial charge in [0.2, 0.25) is 5.91 Å². The van der Waals surface area contributed by atoms with E-state index >= 15 is 0 Å². The van der Waals surface area contributed by atoms with Gasteiger partial charge in [-0.25, -0.2) is 0 Å². The predicted molar refractivity (Wildman–Crippen MR) is 65.5 cm³/mol. The summed E-state index contributed by atoms with van der Waals surface area (Å²) in [7, 11) is 0. The standard InChI is InChI=1S/C13H19NO2/c1-4-10(5-2)13(16)14-11-7-6-8-12(15)9(11)3/h6-8,10,15H,4-5H2,1-3H3,(H,14,16). The van der Waals surface area contributed by atoms with Gasteiger partial charge < -0.3 is 10.4 Å². The van der Waals surface area contributed by atoms with E-state index in [2.05, 4.69) is 5.32 Å². The fraction of sp³-hybridized carbons (Fsp3) is 0.462.